The van der Waals surface area contributed by atoms with Crippen LogP contribution < -0.4 is 5.73 Å². The van der Waals surface area contributed by atoms with E-state index < -0.39 is 0 Å². The Bertz CT molecular complexity index is 505. The lowest BCUT2D eigenvalue weighted by Gasteiger charge is -2.24. The third-order valence-corrected chi connectivity index (χ3v) is 2.87. The minimum Gasteiger partial charge on any atom is -0.384 e. The van der Waals surface area contributed by atoms with Gasteiger partial charge < -0.3 is 10.6 Å². The van der Waals surface area contributed by atoms with Gasteiger partial charge in [-0.05, 0) is 24.5 Å². The molecule has 0 bridgehead atoms. The Hall–Kier alpha value is -2.09. The number of nitrogens with zero attached hydrogens (tertiary/aromatic N) is 3. The van der Waals surface area contributed by atoms with E-state index in [9.17, 15) is 4.79 Å². The Morgan fingerprint density at radius 1 is 1.50 bits per heavy atom. The maximum atomic E-state index is 12.5. The third-order valence-electron chi connectivity index (χ3n) is 2.87. The molecule has 1 aromatic heterocycles. The van der Waals surface area contributed by atoms with Crippen LogP contribution in [-0.4, -0.2) is 28.9 Å². The van der Waals surface area contributed by atoms with Crippen LogP contribution >= 0.6 is 0 Å². The average molecular weight is 274 g/mol. The van der Waals surface area contributed by atoms with E-state index in [1.54, 1.807) is 17.0 Å². The molecule has 2 N–H and O–H groups in total. The number of carbonyl (C=O) groups is 1. The van der Waals surface area contributed by atoms with Gasteiger partial charge in [-0.2, -0.15) is 5.26 Å². The number of aryl methyl sites for hydroxylation is 1. The fourth-order valence-corrected chi connectivity index (χ4v) is 2.00. The molecule has 20 heavy (non-hydrogen) atoms. The Morgan fingerprint density at radius 3 is 2.75 bits per heavy atom. The molecule has 0 atom stereocenters. The van der Waals surface area contributed by atoms with Crippen LogP contribution in [0.25, 0.3) is 0 Å². The van der Waals surface area contributed by atoms with Crippen LogP contribution in [0.3, 0.4) is 0 Å². The number of anilines is 1. The number of hydrogen-bond donors (Lipinski definition) is 1. The van der Waals surface area contributed by atoms with Gasteiger partial charge in [0.1, 0.15) is 5.82 Å². The van der Waals surface area contributed by atoms with Gasteiger partial charge in [0.15, 0.2) is 0 Å². The Morgan fingerprint density at radius 2 is 2.20 bits per heavy atom. The zero-order valence-corrected chi connectivity index (χ0v) is 12.4. The zero-order valence-electron chi connectivity index (χ0n) is 12.4. The number of nitrogen functional groups attached to an aromatic ring is 1. The molecule has 5 heteroatoms. The van der Waals surface area contributed by atoms with E-state index in [-0.39, 0.29) is 5.91 Å². The van der Waals surface area contributed by atoms with Crippen molar-refractivity contribution in [3.8, 4) is 6.07 Å². The Labute approximate surface area is 120 Å². The summed E-state index contributed by atoms with van der Waals surface area (Å²) in [5.74, 6) is 0.623. The van der Waals surface area contributed by atoms with E-state index in [1.807, 2.05) is 20.8 Å². The number of rotatable bonds is 6. The fourth-order valence-electron chi connectivity index (χ4n) is 2.00. The van der Waals surface area contributed by atoms with E-state index in [0.717, 1.165) is 12.1 Å². The molecule has 1 rings (SSSR count). The first-order chi connectivity index (χ1) is 9.47. The van der Waals surface area contributed by atoms with Gasteiger partial charge >= 0.3 is 0 Å². The summed E-state index contributed by atoms with van der Waals surface area (Å²) in [6.07, 6.45) is 1.06. The molecular formula is C15H22N4O. The van der Waals surface area contributed by atoms with Gasteiger partial charge in [-0.15, -0.1) is 0 Å². The molecule has 1 heterocycles. The molecule has 1 aromatic rings. The first-order valence-electron chi connectivity index (χ1n) is 6.90. The van der Waals surface area contributed by atoms with E-state index in [0.29, 0.717) is 36.8 Å². The minimum absolute atomic E-state index is 0.0854. The summed E-state index contributed by atoms with van der Waals surface area (Å²) < 4.78 is 0. The largest absolute Gasteiger partial charge is 0.384 e. The molecular weight excluding hydrogens is 252 g/mol. The van der Waals surface area contributed by atoms with Gasteiger partial charge in [0.25, 0.3) is 5.91 Å². The third kappa shape index (κ3) is 4.54. The molecule has 0 aliphatic heterocycles. The summed E-state index contributed by atoms with van der Waals surface area (Å²) in [7, 11) is 0. The summed E-state index contributed by atoms with van der Waals surface area (Å²) in [6.45, 7) is 7.13. The number of aromatic nitrogens is 1. The van der Waals surface area contributed by atoms with Crippen LogP contribution in [0, 0.1) is 17.2 Å². The summed E-state index contributed by atoms with van der Waals surface area (Å²) in [5, 5.41) is 8.71. The molecule has 0 aromatic carbocycles. The SMILES string of the molecule is CCc1cc(C(=O)N(CCC#N)CC(C)C)cc(N)n1. The van der Waals surface area contributed by atoms with Crippen molar-refractivity contribution in [2.24, 2.45) is 5.92 Å². The fraction of sp³-hybridized carbons (Fsp3) is 0.533. The predicted molar refractivity (Wildman–Crippen MR) is 79.0 cm³/mol. The number of nitrogens with two attached hydrogens (primary N) is 1. The maximum absolute atomic E-state index is 12.5. The summed E-state index contributed by atoms with van der Waals surface area (Å²) in [6, 6.07) is 5.46. The van der Waals surface area contributed by atoms with Gasteiger partial charge in [0, 0.05) is 24.3 Å². The molecule has 1 amide bonds. The van der Waals surface area contributed by atoms with Crippen molar-refractivity contribution in [2.75, 3.05) is 18.8 Å². The standard InChI is InChI=1S/C15H22N4O/c1-4-13-8-12(9-14(17)18-13)15(20)19(7-5-6-16)10-11(2)3/h8-9,11H,4-5,7,10H2,1-3H3,(H2,17,18). The quantitative estimate of drug-likeness (QED) is 0.862. The molecule has 5 nitrogen and oxygen atoms in total. The molecule has 0 saturated carbocycles. The van der Waals surface area contributed by atoms with Crippen molar-refractivity contribution in [3.63, 3.8) is 0 Å². The first kappa shape index (κ1) is 16.0. The van der Waals surface area contributed by atoms with Crippen LogP contribution in [-0.2, 0) is 6.42 Å². The minimum atomic E-state index is -0.0854. The van der Waals surface area contributed by atoms with E-state index in [1.165, 1.54) is 0 Å². The van der Waals surface area contributed by atoms with Crippen molar-refractivity contribution in [1.29, 1.82) is 5.26 Å². The van der Waals surface area contributed by atoms with Crippen molar-refractivity contribution < 1.29 is 4.79 Å². The molecule has 0 saturated heterocycles. The second-order valence-corrected chi connectivity index (χ2v) is 5.18. The normalized spacial score (nSPS) is 10.3. The van der Waals surface area contributed by atoms with Crippen LogP contribution in [0.5, 0.6) is 0 Å². The number of hydrogen-bond acceptors (Lipinski definition) is 4. The van der Waals surface area contributed by atoms with Crippen LogP contribution in [0.2, 0.25) is 0 Å². The number of carbonyl (C=O) groups excluding carboxylic acids is 1. The maximum Gasteiger partial charge on any atom is 0.254 e. The molecule has 0 unspecified atom stereocenters. The van der Waals surface area contributed by atoms with E-state index >= 15 is 0 Å². The van der Waals surface area contributed by atoms with Crippen LogP contribution in [0.4, 0.5) is 5.82 Å². The van der Waals surface area contributed by atoms with Gasteiger partial charge in [0.05, 0.1) is 12.5 Å². The highest BCUT2D eigenvalue weighted by molar-refractivity contribution is 5.95. The molecule has 0 aliphatic rings. The highest BCUT2D eigenvalue weighted by Gasteiger charge is 2.17. The lowest BCUT2D eigenvalue weighted by atomic mass is 10.1. The van der Waals surface area contributed by atoms with E-state index in [4.69, 9.17) is 11.0 Å². The molecule has 0 radical (unpaired) electrons. The Balaban J connectivity index is 2.98. The second kappa shape index (κ2) is 7.49. The topological polar surface area (TPSA) is 83.0 Å². The molecule has 0 spiro atoms. The van der Waals surface area contributed by atoms with Crippen LogP contribution in [0.1, 0.15) is 43.2 Å². The lowest BCUT2D eigenvalue weighted by Crippen LogP contribution is -2.35. The smallest absolute Gasteiger partial charge is 0.254 e. The van der Waals surface area contributed by atoms with Gasteiger partial charge in [-0.25, -0.2) is 4.98 Å². The van der Waals surface area contributed by atoms with Crippen molar-refractivity contribution in [1.82, 2.24) is 9.88 Å². The average Bonchev–Trinajstić information content (AvgIpc) is 2.41. The Kier molecular flexibility index (Phi) is 5.98. The van der Waals surface area contributed by atoms with Crippen molar-refractivity contribution in [3.05, 3.63) is 23.4 Å². The van der Waals surface area contributed by atoms with Gasteiger partial charge in [-0.1, -0.05) is 20.8 Å². The summed E-state index contributed by atoms with van der Waals surface area (Å²) >= 11 is 0. The molecule has 0 fully saturated rings. The molecule has 0 aliphatic carbocycles. The predicted octanol–water partition coefficient (Wildman–Crippen LogP) is 2.24. The van der Waals surface area contributed by atoms with Crippen LogP contribution in [0.15, 0.2) is 12.1 Å². The van der Waals surface area contributed by atoms with Gasteiger partial charge in [-0.3, -0.25) is 4.79 Å². The lowest BCUT2D eigenvalue weighted by molar-refractivity contribution is 0.0739. The number of pyridine rings is 1. The number of nitriles is 1. The molecule has 108 valence electrons. The summed E-state index contributed by atoms with van der Waals surface area (Å²) in [5.41, 5.74) is 7.09. The first-order valence-corrected chi connectivity index (χ1v) is 6.90. The van der Waals surface area contributed by atoms with E-state index in [2.05, 4.69) is 11.1 Å². The monoisotopic (exact) mass is 274 g/mol. The number of amides is 1. The van der Waals surface area contributed by atoms with Crippen molar-refractivity contribution in [2.45, 2.75) is 33.6 Å². The second-order valence-electron chi connectivity index (χ2n) is 5.18. The highest BCUT2D eigenvalue weighted by Crippen LogP contribution is 2.13. The zero-order chi connectivity index (χ0) is 15.1. The van der Waals surface area contributed by atoms with Crippen molar-refractivity contribution >= 4 is 11.7 Å². The summed E-state index contributed by atoms with van der Waals surface area (Å²) in [4.78, 5) is 18.4. The highest BCUT2D eigenvalue weighted by atomic mass is 16.2. The van der Waals surface area contributed by atoms with Gasteiger partial charge in [0.2, 0.25) is 0 Å².